The molecule has 0 aromatic heterocycles. The van der Waals surface area contributed by atoms with Crippen molar-refractivity contribution in [3.05, 3.63) is 65.0 Å². The van der Waals surface area contributed by atoms with Gasteiger partial charge in [-0.05, 0) is 49.6 Å². The Kier molecular flexibility index (Phi) is 6.15. The SMILES string of the molecule is Cc1ccc(CCC(=O)N2CCN(S(=O)(=O)c3cccc(F)c3)CC2)c(C)c1. The van der Waals surface area contributed by atoms with Gasteiger partial charge in [0, 0.05) is 32.6 Å². The van der Waals surface area contributed by atoms with E-state index >= 15 is 0 Å². The van der Waals surface area contributed by atoms with Crippen LogP contribution in [0, 0.1) is 19.7 Å². The van der Waals surface area contributed by atoms with Gasteiger partial charge in [-0.2, -0.15) is 4.31 Å². The summed E-state index contributed by atoms with van der Waals surface area (Å²) in [5.74, 6) is -0.552. The minimum absolute atomic E-state index is 0.0304. The molecule has 3 rings (SSSR count). The lowest BCUT2D eigenvalue weighted by Gasteiger charge is -2.34. The van der Waals surface area contributed by atoms with Crippen molar-refractivity contribution in [3.8, 4) is 0 Å². The highest BCUT2D eigenvalue weighted by molar-refractivity contribution is 7.89. The van der Waals surface area contributed by atoms with Gasteiger partial charge in [-0.15, -0.1) is 0 Å². The van der Waals surface area contributed by atoms with Crippen molar-refractivity contribution >= 4 is 15.9 Å². The van der Waals surface area contributed by atoms with Crippen LogP contribution in [0.25, 0.3) is 0 Å². The van der Waals surface area contributed by atoms with Crippen molar-refractivity contribution in [2.24, 2.45) is 0 Å². The zero-order chi connectivity index (χ0) is 20.3. The van der Waals surface area contributed by atoms with Crippen LogP contribution in [0.2, 0.25) is 0 Å². The lowest BCUT2D eigenvalue weighted by Crippen LogP contribution is -2.50. The molecular formula is C21H25FN2O3S. The number of rotatable bonds is 5. The first-order chi connectivity index (χ1) is 13.3. The average Bonchev–Trinajstić information content (AvgIpc) is 2.67. The lowest BCUT2D eigenvalue weighted by molar-refractivity contribution is -0.132. The van der Waals surface area contributed by atoms with Gasteiger partial charge in [-0.3, -0.25) is 4.79 Å². The van der Waals surface area contributed by atoms with Gasteiger partial charge in [0.1, 0.15) is 5.82 Å². The molecule has 2 aromatic carbocycles. The maximum absolute atomic E-state index is 13.4. The van der Waals surface area contributed by atoms with Crippen LogP contribution in [-0.2, 0) is 21.2 Å². The Morgan fingerprint density at radius 1 is 1.04 bits per heavy atom. The Morgan fingerprint density at radius 3 is 2.39 bits per heavy atom. The van der Waals surface area contributed by atoms with Gasteiger partial charge < -0.3 is 4.90 Å². The molecule has 0 unspecified atom stereocenters. The standard InChI is InChI=1S/C21H25FN2O3S/c1-16-6-7-18(17(2)14-16)8-9-21(25)23-10-12-24(13-11-23)28(26,27)20-5-3-4-19(22)15-20/h3-7,14-15H,8-13H2,1-2H3. The molecule has 7 heteroatoms. The number of hydrogen-bond acceptors (Lipinski definition) is 3. The number of hydrogen-bond donors (Lipinski definition) is 0. The Bertz CT molecular complexity index is 967. The molecule has 0 bridgehead atoms. The van der Waals surface area contributed by atoms with E-state index in [1.165, 1.54) is 33.6 Å². The van der Waals surface area contributed by atoms with Crippen LogP contribution >= 0.6 is 0 Å². The molecule has 5 nitrogen and oxygen atoms in total. The minimum atomic E-state index is -3.74. The molecule has 1 amide bonds. The summed E-state index contributed by atoms with van der Waals surface area (Å²) in [6, 6.07) is 11.2. The summed E-state index contributed by atoms with van der Waals surface area (Å²) in [6.07, 6.45) is 1.08. The first-order valence-electron chi connectivity index (χ1n) is 9.37. The van der Waals surface area contributed by atoms with Gasteiger partial charge in [0.2, 0.25) is 15.9 Å². The minimum Gasteiger partial charge on any atom is -0.340 e. The highest BCUT2D eigenvalue weighted by Crippen LogP contribution is 2.19. The average molecular weight is 405 g/mol. The van der Waals surface area contributed by atoms with Crippen LogP contribution in [0.15, 0.2) is 47.4 Å². The molecule has 1 heterocycles. The molecule has 0 aliphatic carbocycles. The first-order valence-corrected chi connectivity index (χ1v) is 10.8. The van der Waals surface area contributed by atoms with E-state index in [1.54, 1.807) is 4.90 Å². The van der Waals surface area contributed by atoms with Crippen LogP contribution in [0.3, 0.4) is 0 Å². The molecule has 0 spiro atoms. The van der Waals surface area contributed by atoms with Gasteiger partial charge in [0.25, 0.3) is 0 Å². The maximum Gasteiger partial charge on any atom is 0.243 e. The molecule has 150 valence electrons. The quantitative estimate of drug-likeness (QED) is 0.770. The highest BCUT2D eigenvalue weighted by atomic mass is 32.2. The molecular weight excluding hydrogens is 379 g/mol. The Morgan fingerprint density at radius 2 is 1.75 bits per heavy atom. The number of carbonyl (C=O) groups excluding carboxylic acids is 1. The predicted octanol–water partition coefficient (Wildman–Crippen LogP) is 2.91. The number of sulfonamides is 1. The highest BCUT2D eigenvalue weighted by Gasteiger charge is 2.30. The molecule has 2 aromatic rings. The van der Waals surface area contributed by atoms with Crippen molar-refractivity contribution in [3.63, 3.8) is 0 Å². The van der Waals surface area contributed by atoms with Crippen molar-refractivity contribution in [2.75, 3.05) is 26.2 Å². The van der Waals surface area contributed by atoms with E-state index in [2.05, 4.69) is 12.1 Å². The predicted molar refractivity (Wildman–Crippen MR) is 106 cm³/mol. The van der Waals surface area contributed by atoms with E-state index in [0.29, 0.717) is 25.9 Å². The normalized spacial score (nSPS) is 15.6. The fourth-order valence-corrected chi connectivity index (χ4v) is 4.93. The zero-order valence-electron chi connectivity index (χ0n) is 16.2. The van der Waals surface area contributed by atoms with Crippen LogP contribution in [0.5, 0.6) is 0 Å². The molecule has 0 N–H and O–H groups in total. The second-order valence-electron chi connectivity index (χ2n) is 7.17. The molecule has 1 aliphatic heterocycles. The summed E-state index contributed by atoms with van der Waals surface area (Å²) in [4.78, 5) is 14.2. The van der Waals surface area contributed by atoms with E-state index in [0.717, 1.165) is 11.6 Å². The molecule has 0 radical (unpaired) electrons. The van der Waals surface area contributed by atoms with E-state index in [9.17, 15) is 17.6 Å². The maximum atomic E-state index is 13.4. The molecule has 1 saturated heterocycles. The summed E-state index contributed by atoms with van der Waals surface area (Å²) in [5, 5.41) is 0. The van der Waals surface area contributed by atoms with Crippen molar-refractivity contribution in [1.29, 1.82) is 0 Å². The van der Waals surface area contributed by atoms with Gasteiger partial charge in [-0.25, -0.2) is 12.8 Å². The van der Waals surface area contributed by atoms with Crippen LogP contribution in [0.4, 0.5) is 4.39 Å². The fourth-order valence-electron chi connectivity index (χ4n) is 3.48. The number of carbonyl (C=O) groups is 1. The number of benzene rings is 2. The largest absolute Gasteiger partial charge is 0.340 e. The Labute approximate surface area is 165 Å². The van der Waals surface area contributed by atoms with E-state index < -0.39 is 15.8 Å². The van der Waals surface area contributed by atoms with Crippen molar-refractivity contribution < 1.29 is 17.6 Å². The summed E-state index contributed by atoms with van der Waals surface area (Å²) in [5.41, 5.74) is 3.54. The summed E-state index contributed by atoms with van der Waals surface area (Å²) in [6.45, 7) is 5.21. The first kappa shape index (κ1) is 20.5. The van der Waals surface area contributed by atoms with Gasteiger partial charge in [0.05, 0.1) is 4.90 Å². The third kappa shape index (κ3) is 4.59. The number of amides is 1. The summed E-state index contributed by atoms with van der Waals surface area (Å²) in [7, 11) is -3.74. The fraction of sp³-hybridized carbons (Fsp3) is 0.381. The smallest absolute Gasteiger partial charge is 0.243 e. The van der Waals surface area contributed by atoms with Gasteiger partial charge in [-0.1, -0.05) is 29.8 Å². The summed E-state index contributed by atoms with van der Waals surface area (Å²) >= 11 is 0. The van der Waals surface area contributed by atoms with E-state index in [4.69, 9.17) is 0 Å². The summed E-state index contributed by atoms with van der Waals surface area (Å²) < 4.78 is 40.0. The molecule has 28 heavy (non-hydrogen) atoms. The Hall–Kier alpha value is -2.25. The van der Waals surface area contributed by atoms with Crippen molar-refractivity contribution in [1.82, 2.24) is 9.21 Å². The zero-order valence-corrected chi connectivity index (χ0v) is 17.0. The molecule has 1 aliphatic rings. The number of piperazine rings is 1. The third-order valence-electron chi connectivity index (χ3n) is 5.13. The lowest BCUT2D eigenvalue weighted by atomic mass is 10.0. The van der Waals surface area contributed by atoms with Crippen LogP contribution < -0.4 is 0 Å². The number of nitrogens with zero attached hydrogens (tertiary/aromatic N) is 2. The Balaban J connectivity index is 1.56. The van der Waals surface area contributed by atoms with E-state index in [-0.39, 0.29) is 23.9 Å². The second-order valence-corrected chi connectivity index (χ2v) is 9.11. The molecule has 1 fully saturated rings. The number of halogens is 1. The van der Waals surface area contributed by atoms with Crippen LogP contribution in [-0.4, -0.2) is 49.7 Å². The second kappa shape index (κ2) is 8.41. The third-order valence-corrected chi connectivity index (χ3v) is 7.03. The number of aryl methyl sites for hydroxylation is 3. The van der Waals surface area contributed by atoms with Crippen molar-refractivity contribution in [2.45, 2.75) is 31.6 Å². The van der Waals surface area contributed by atoms with E-state index in [1.807, 2.05) is 19.9 Å². The van der Waals surface area contributed by atoms with Gasteiger partial charge >= 0.3 is 0 Å². The topological polar surface area (TPSA) is 57.7 Å². The molecule has 0 atom stereocenters. The monoisotopic (exact) mass is 404 g/mol. The van der Waals surface area contributed by atoms with Gasteiger partial charge in [0.15, 0.2) is 0 Å². The van der Waals surface area contributed by atoms with Crippen LogP contribution in [0.1, 0.15) is 23.1 Å². The molecule has 0 saturated carbocycles.